The zero-order valence-corrected chi connectivity index (χ0v) is 10.9. The van der Waals surface area contributed by atoms with Gasteiger partial charge in [-0.15, -0.1) is 0 Å². The van der Waals surface area contributed by atoms with Gasteiger partial charge in [0.05, 0.1) is 10.9 Å². The van der Waals surface area contributed by atoms with E-state index in [1.807, 2.05) is 0 Å². The van der Waals surface area contributed by atoms with Crippen molar-refractivity contribution in [2.45, 2.75) is 0 Å². The van der Waals surface area contributed by atoms with Gasteiger partial charge >= 0.3 is 0 Å². The lowest BCUT2D eigenvalue weighted by atomic mass is 10.2. The molecule has 0 spiro atoms. The van der Waals surface area contributed by atoms with Crippen molar-refractivity contribution in [3.05, 3.63) is 63.7 Å². The van der Waals surface area contributed by atoms with Gasteiger partial charge in [-0.3, -0.25) is 9.78 Å². The maximum absolute atomic E-state index is 13.1. The van der Waals surface area contributed by atoms with Crippen LogP contribution in [0.3, 0.4) is 0 Å². The monoisotopic (exact) mass is 289 g/mol. The van der Waals surface area contributed by atoms with Gasteiger partial charge in [-0.25, -0.2) is 9.37 Å². The van der Waals surface area contributed by atoms with Crippen LogP contribution < -0.4 is 10.9 Å². The summed E-state index contributed by atoms with van der Waals surface area (Å²) in [4.78, 5) is 18.8. The molecule has 0 aliphatic rings. The van der Waals surface area contributed by atoms with Crippen LogP contribution in [0.4, 0.5) is 16.0 Å². The molecular weight excluding hydrogens is 281 g/mol. The fraction of sp³-hybridized carbons (Fsp3) is 0. The number of hydrogen-bond donors (Lipinski definition) is 2. The van der Waals surface area contributed by atoms with E-state index in [0.29, 0.717) is 21.6 Å². The van der Waals surface area contributed by atoms with Gasteiger partial charge in [0, 0.05) is 10.7 Å². The Morgan fingerprint density at radius 1 is 1.20 bits per heavy atom. The number of aromatic nitrogens is 2. The van der Waals surface area contributed by atoms with Crippen LogP contribution in [0.1, 0.15) is 0 Å². The fourth-order valence-corrected chi connectivity index (χ4v) is 2.04. The number of rotatable bonds is 2. The molecule has 20 heavy (non-hydrogen) atoms. The van der Waals surface area contributed by atoms with E-state index in [2.05, 4.69) is 15.3 Å². The molecule has 4 nitrogen and oxygen atoms in total. The summed E-state index contributed by atoms with van der Waals surface area (Å²) < 4.78 is 13.1. The van der Waals surface area contributed by atoms with E-state index in [-0.39, 0.29) is 17.3 Å². The molecule has 3 aromatic rings. The minimum absolute atomic E-state index is 0.232. The third-order valence-corrected chi connectivity index (χ3v) is 2.99. The zero-order chi connectivity index (χ0) is 14.1. The van der Waals surface area contributed by atoms with Crippen LogP contribution in [0.5, 0.6) is 0 Å². The van der Waals surface area contributed by atoms with E-state index in [1.54, 1.807) is 30.3 Å². The van der Waals surface area contributed by atoms with E-state index in [0.717, 1.165) is 0 Å². The quantitative estimate of drug-likeness (QED) is 0.759. The largest absolute Gasteiger partial charge is 0.326 e. The van der Waals surface area contributed by atoms with Crippen molar-refractivity contribution in [2.24, 2.45) is 0 Å². The first-order valence-electron chi connectivity index (χ1n) is 5.84. The van der Waals surface area contributed by atoms with E-state index in [1.165, 1.54) is 12.1 Å². The van der Waals surface area contributed by atoms with Crippen molar-refractivity contribution in [2.75, 3.05) is 5.32 Å². The number of nitrogens with one attached hydrogen (secondary N) is 2. The molecule has 1 aromatic heterocycles. The first kappa shape index (κ1) is 12.6. The summed E-state index contributed by atoms with van der Waals surface area (Å²) in [5.74, 6) is -0.142. The minimum Gasteiger partial charge on any atom is -0.326 e. The molecule has 3 rings (SSSR count). The van der Waals surface area contributed by atoms with Gasteiger partial charge in [-0.2, -0.15) is 0 Å². The Morgan fingerprint density at radius 3 is 2.85 bits per heavy atom. The molecular formula is C14H9ClFN3O. The van der Waals surface area contributed by atoms with Crippen LogP contribution in [0.25, 0.3) is 10.9 Å². The Hall–Kier alpha value is -2.40. The standard InChI is InChI=1S/C14H9ClFN3O/c15-8-4-5-11-12(6-8)18-14(19-13(11)20)17-10-3-1-2-9(16)7-10/h1-7H,(H2,17,18,19,20). The molecule has 2 aromatic carbocycles. The number of anilines is 2. The highest BCUT2D eigenvalue weighted by atomic mass is 35.5. The fourth-order valence-electron chi connectivity index (χ4n) is 1.87. The van der Waals surface area contributed by atoms with Crippen molar-refractivity contribution in [1.29, 1.82) is 0 Å². The maximum atomic E-state index is 13.1. The smallest absolute Gasteiger partial charge is 0.260 e. The van der Waals surface area contributed by atoms with Gasteiger partial charge in [0.25, 0.3) is 5.56 Å². The molecule has 0 fully saturated rings. The zero-order valence-electron chi connectivity index (χ0n) is 10.2. The Morgan fingerprint density at radius 2 is 2.05 bits per heavy atom. The first-order chi connectivity index (χ1) is 9.61. The third kappa shape index (κ3) is 2.48. The normalized spacial score (nSPS) is 10.7. The molecule has 0 radical (unpaired) electrons. The summed E-state index contributed by atoms with van der Waals surface area (Å²) in [6.45, 7) is 0. The van der Waals surface area contributed by atoms with E-state index >= 15 is 0 Å². The maximum Gasteiger partial charge on any atom is 0.260 e. The van der Waals surface area contributed by atoms with Crippen LogP contribution in [0.15, 0.2) is 47.3 Å². The second-order valence-corrected chi connectivity index (χ2v) is 4.65. The van der Waals surface area contributed by atoms with Crippen molar-refractivity contribution < 1.29 is 4.39 Å². The third-order valence-electron chi connectivity index (χ3n) is 2.76. The van der Waals surface area contributed by atoms with Gasteiger partial charge in [0.1, 0.15) is 5.82 Å². The average Bonchev–Trinajstić information content (AvgIpc) is 2.38. The highest BCUT2D eigenvalue weighted by Crippen LogP contribution is 2.18. The SMILES string of the molecule is O=c1[nH]c(Nc2cccc(F)c2)nc2cc(Cl)ccc12. The van der Waals surface area contributed by atoms with E-state index < -0.39 is 0 Å². The molecule has 0 atom stereocenters. The highest BCUT2D eigenvalue weighted by Gasteiger charge is 2.05. The number of fused-ring (bicyclic) bond motifs is 1. The van der Waals surface area contributed by atoms with Crippen LogP contribution >= 0.6 is 11.6 Å². The second-order valence-electron chi connectivity index (χ2n) is 4.21. The molecule has 2 N–H and O–H groups in total. The molecule has 1 heterocycles. The summed E-state index contributed by atoms with van der Waals surface area (Å²) in [5, 5.41) is 3.78. The van der Waals surface area contributed by atoms with Crippen LogP contribution in [0, 0.1) is 5.82 Å². The summed E-state index contributed by atoms with van der Waals surface area (Å²) in [7, 11) is 0. The Kier molecular flexibility index (Phi) is 3.12. The first-order valence-corrected chi connectivity index (χ1v) is 6.22. The Bertz CT molecular complexity index is 847. The van der Waals surface area contributed by atoms with Gasteiger partial charge < -0.3 is 5.32 Å². The summed E-state index contributed by atoms with van der Waals surface area (Å²) in [6, 6.07) is 10.7. The Labute approximate surface area is 118 Å². The van der Waals surface area contributed by atoms with Gasteiger partial charge in [-0.05, 0) is 36.4 Å². The molecule has 100 valence electrons. The molecule has 0 unspecified atom stereocenters. The molecule has 0 aliphatic heterocycles. The molecule has 0 bridgehead atoms. The van der Waals surface area contributed by atoms with Crippen molar-refractivity contribution >= 4 is 34.1 Å². The second kappa shape index (κ2) is 4.94. The van der Waals surface area contributed by atoms with Crippen molar-refractivity contribution in [3.8, 4) is 0 Å². The number of aromatic amines is 1. The van der Waals surface area contributed by atoms with E-state index in [9.17, 15) is 9.18 Å². The van der Waals surface area contributed by atoms with Crippen LogP contribution in [0.2, 0.25) is 5.02 Å². The molecule has 0 aliphatic carbocycles. The number of H-pyrrole nitrogens is 1. The number of nitrogens with zero attached hydrogens (tertiary/aromatic N) is 1. The highest BCUT2D eigenvalue weighted by molar-refractivity contribution is 6.31. The summed E-state index contributed by atoms with van der Waals surface area (Å²) in [6.07, 6.45) is 0. The number of halogens is 2. The van der Waals surface area contributed by atoms with Crippen molar-refractivity contribution in [3.63, 3.8) is 0 Å². The molecule has 0 amide bonds. The topological polar surface area (TPSA) is 57.8 Å². The van der Waals surface area contributed by atoms with Crippen molar-refractivity contribution in [1.82, 2.24) is 9.97 Å². The minimum atomic E-state index is -0.374. The van der Waals surface area contributed by atoms with Gasteiger partial charge in [0.15, 0.2) is 0 Å². The molecule has 0 saturated heterocycles. The van der Waals surface area contributed by atoms with E-state index in [4.69, 9.17) is 11.6 Å². The number of hydrogen-bond acceptors (Lipinski definition) is 3. The summed E-state index contributed by atoms with van der Waals surface area (Å²) >= 11 is 5.88. The summed E-state index contributed by atoms with van der Waals surface area (Å²) in [5.41, 5.74) is 0.681. The predicted molar refractivity (Wildman–Crippen MR) is 77.1 cm³/mol. The average molecular weight is 290 g/mol. The lowest BCUT2D eigenvalue weighted by Crippen LogP contribution is -2.11. The molecule has 6 heteroatoms. The lowest BCUT2D eigenvalue weighted by Gasteiger charge is -2.06. The number of benzene rings is 2. The Balaban J connectivity index is 2.06. The van der Waals surface area contributed by atoms with Crippen LogP contribution in [-0.2, 0) is 0 Å². The van der Waals surface area contributed by atoms with Gasteiger partial charge in [-0.1, -0.05) is 17.7 Å². The predicted octanol–water partition coefficient (Wildman–Crippen LogP) is 3.46. The van der Waals surface area contributed by atoms with Crippen LogP contribution in [-0.4, -0.2) is 9.97 Å². The van der Waals surface area contributed by atoms with Gasteiger partial charge in [0.2, 0.25) is 5.95 Å². The lowest BCUT2D eigenvalue weighted by molar-refractivity contribution is 0.628. The molecule has 0 saturated carbocycles.